The third-order valence-corrected chi connectivity index (χ3v) is 4.39. The number of thiocarbonyl (C=S) groups is 1. The molecule has 0 aliphatic rings. The average Bonchev–Trinajstić information content (AvgIpc) is 3.19. The zero-order chi connectivity index (χ0) is 19.1. The van der Waals surface area contributed by atoms with Gasteiger partial charge in [0.05, 0.1) is 18.3 Å². The molecule has 10 nitrogen and oxygen atoms in total. The van der Waals surface area contributed by atoms with E-state index in [0.29, 0.717) is 23.1 Å². The fourth-order valence-corrected chi connectivity index (χ4v) is 2.92. The molecule has 0 saturated heterocycles. The van der Waals surface area contributed by atoms with Gasteiger partial charge in [0, 0.05) is 12.4 Å². The second-order valence-corrected chi connectivity index (χ2v) is 6.10. The summed E-state index contributed by atoms with van der Waals surface area (Å²) in [6, 6.07) is 7.89. The van der Waals surface area contributed by atoms with Crippen LogP contribution in [0.5, 0.6) is 6.01 Å². The van der Waals surface area contributed by atoms with E-state index in [1.807, 2.05) is 24.3 Å². The molecule has 0 unspecified atom stereocenters. The van der Waals surface area contributed by atoms with Gasteiger partial charge in [-0.25, -0.2) is 9.38 Å². The van der Waals surface area contributed by atoms with Crippen LogP contribution in [0, 0.1) is 6.92 Å². The van der Waals surface area contributed by atoms with E-state index >= 15 is 0 Å². The number of rotatable bonds is 2. The fourth-order valence-electron chi connectivity index (χ4n) is 2.87. The van der Waals surface area contributed by atoms with Crippen LogP contribution in [0.1, 0.15) is 16.2 Å². The Hall–Kier alpha value is -3.47. The molecule has 4 aromatic rings. The Labute approximate surface area is 158 Å². The first-order valence-electron chi connectivity index (χ1n) is 8.03. The van der Waals surface area contributed by atoms with E-state index in [1.165, 1.54) is 11.6 Å². The average molecular weight is 384 g/mol. The Bertz CT molecular complexity index is 1210. The van der Waals surface area contributed by atoms with Crippen LogP contribution in [0.3, 0.4) is 0 Å². The first-order valence-corrected chi connectivity index (χ1v) is 8.44. The van der Waals surface area contributed by atoms with Crippen LogP contribution in [0.25, 0.3) is 22.3 Å². The molecule has 3 aromatic heterocycles. The first-order chi connectivity index (χ1) is 13.0. The monoisotopic (exact) mass is 384 g/mol. The molecule has 0 spiro atoms. The molecule has 3 heterocycles. The number of hydrogen-bond donors (Lipinski definition) is 3. The number of para-hydroxylation sites is 1. The van der Waals surface area contributed by atoms with Crippen molar-refractivity contribution in [3.05, 3.63) is 35.7 Å². The summed E-state index contributed by atoms with van der Waals surface area (Å²) in [4.78, 5) is 21.6. The van der Waals surface area contributed by atoms with Gasteiger partial charge in [-0.15, -0.1) is 5.10 Å². The topological polar surface area (TPSA) is 110 Å². The molecule has 3 N–H and O–H groups in total. The number of ether oxygens (including phenoxy) is 1. The maximum Gasteiger partial charge on any atom is 0.305 e. The number of aromatic nitrogens is 5. The zero-order valence-corrected chi connectivity index (χ0v) is 15.6. The molecule has 0 saturated carbocycles. The highest BCUT2D eigenvalue weighted by Gasteiger charge is 2.23. The minimum atomic E-state index is -0.419. The van der Waals surface area contributed by atoms with E-state index in [4.69, 9.17) is 17.0 Å². The summed E-state index contributed by atoms with van der Waals surface area (Å²) >= 11 is 4.97. The second-order valence-electron chi connectivity index (χ2n) is 5.69. The van der Waals surface area contributed by atoms with E-state index in [9.17, 15) is 4.79 Å². The van der Waals surface area contributed by atoms with Gasteiger partial charge in [0.25, 0.3) is 5.91 Å². The lowest BCUT2D eigenvalue weighted by molar-refractivity contribution is 0.0936. The van der Waals surface area contributed by atoms with E-state index in [1.54, 1.807) is 18.4 Å². The van der Waals surface area contributed by atoms with Crippen molar-refractivity contribution < 1.29 is 9.53 Å². The number of amides is 1. The maximum atomic E-state index is 12.6. The number of carbonyl (C=O) groups is 1. The summed E-state index contributed by atoms with van der Waals surface area (Å²) < 4.78 is 8.58. The number of imidazole rings is 1. The Kier molecular flexibility index (Phi) is 4.00. The minimum absolute atomic E-state index is 0.284. The molecular weight excluding hydrogens is 368 g/mol. The molecule has 4 rings (SSSR count). The first kappa shape index (κ1) is 17.0. The quantitative estimate of drug-likeness (QED) is 0.340. The number of nitrogens with zero attached hydrogens (tertiary/aromatic N) is 5. The van der Waals surface area contributed by atoms with Crippen LogP contribution in [0.2, 0.25) is 0 Å². The second kappa shape index (κ2) is 6.36. The molecule has 138 valence electrons. The normalized spacial score (nSPS) is 11.1. The largest absolute Gasteiger partial charge is 0.468 e. The number of nitrogens with one attached hydrogen (secondary N) is 3. The summed E-state index contributed by atoms with van der Waals surface area (Å²) in [5.41, 5.74) is 7.26. The van der Waals surface area contributed by atoms with Gasteiger partial charge in [0.1, 0.15) is 0 Å². The van der Waals surface area contributed by atoms with Crippen LogP contribution in [-0.4, -0.2) is 49.2 Å². The molecular formula is C16H16N8O2S. The molecule has 0 aliphatic heterocycles. The highest BCUT2D eigenvalue weighted by Crippen LogP contribution is 2.25. The van der Waals surface area contributed by atoms with Gasteiger partial charge < -0.3 is 10.1 Å². The van der Waals surface area contributed by atoms with Crippen molar-refractivity contribution in [2.24, 2.45) is 0 Å². The van der Waals surface area contributed by atoms with Gasteiger partial charge in [-0.3, -0.25) is 15.6 Å². The Balaban J connectivity index is 1.94. The summed E-state index contributed by atoms with van der Waals surface area (Å²) in [6.45, 7) is 1.73. The van der Waals surface area contributed by atoms with Crippen molar-refractivity contribution in [1.29, 1.82) is 0 Å². The van der Waals surface area contributed by atoms with Gasteiger partial charge in [0.2, 0.25) is 5.78 Å². The van der Waals surface area contributed by atoms with Crippen molar-refractivity contribution in [3.8, 4) is 6.01 Å². The lowest BCUT2D eigenvalue weighted by Gasteiger charge is -2.08. The Morgan fingerprint density at radius 3 is 2.74 bits per heavy atom. The SMILES string of the molecule is CNC(=S)NNC(=O)c1c(C)nc2n1nc1c3ccccc3nc(OC)n12. The van der Waals surface area contributed by atoms with Crippen LogP contribution in [0.15, 0.2) is 24.3 Å². The van der Waals surface area contributed by atoms with Crippen molar-refractivity contribution >= 4 is 45.6 Å². The van der Waals surface area contributed by atoms with Gasteiger partial charge in [-0.1, -0.05) is 12.1 Å². The number of aryl methyl sites for hydroxylation is 1. The van der Waals surface area contributed by atoms with E-state index in [-0.39, 0.29) is 10.8 Å². The summed E-state index contributed by atoms with van der Waals surface area (Å²) in [6.07, 6.45) is 0. The molecule has 11 heteroatoms. The highest BCUT2D eigenvalue weighted by atomic mass is 32.1. The number of hydrazine groups is 1. The molecule has 27 heavy (non-hydrogen) atoms. The smallest absolute Gasteiger partial charge is 0.305 e. The summed E-state index contributed by atoms with van der Waals surface area (Å²) in [5, 5.41) is 8.42. The van der Waals surface area contributed by atoms with Gasteiger partial charge in [-0.2, -0.15) is 9.50 Å². The molecule has 0 fully saturated rings. The number of carbonyl (C=O) groups excluding carboxylic acids is 1. The third-order valence-electron chi connectivity index (χ3n) is 4.08. The number of benzene rings is 1. The Morgan fingerprint density at radius 1 is 1.22 bits per heavy atom. The maximum absolute atomic E-state index is 12.6. The fraction of sp³-hybridized carbons (Fsp3) is 0.188. The molecule has 1 aromatic carbocycles. The third kappa shape index (κ3) is 2.59. The zero-order valence-electron chi connectivity index (χ0n) is 14.8. The predicted octanol–water partition coefficient (Wildman–Crippen LogP) is 0.586. The van der Waals surface area contributed by atoms with Crippen molar-refractivity contribution in [2.45, 2.75) is 6.92 Å². The van der Waals surface area contributed by atoms with Gasteiger partial charge >= 0.3 is 6.01 Å². The van der Waals surface area contributed by atoms with Crippen LogP contribution in [-0.2, 0) is 0 Å². The summed E-state index contributed by atoms with van der Waals surface area (Å²) in [7, 11) is 3.18. The van der Waals surface area contributed by atoms with Crippen LogP contribution in [0.4, 0.5) is 0 Å². The van der Waals surface area contributed by atoms with Crippen molar-refractivity contribution in [1.82, 2.24) is 40.2 Å². The van der Waals surface area contributed by atoms with Crippen LogP contribution >= 0.6 is 12.2 Å². The predicted molar refractivity (Wildman–Crippen MR) is 103 cm³/mol. The van der Waals surface area contributed by atoms with Crippen molar-refractivity contribution in [2.75, 3.05) is 14.2 Å². The van der Waals surface area contributed by atoms with E-state index in [2.05, 4.69) is 31.2 Å². The van der Waals surface area contributed by atoms with Crippen LogP contribution < -0.4 is 20.9 Å². The number of fused-ring (bicyclic) bond motifs is 5. The Morgan fingerprint density at radius 2 is 2.00 bits per heavy atom. The van der Waals surface area contributed by atoms with E-state index in [0.717, 1.165) is 10.9 Å². The minimum Gasteiger partial charge on any atom is -0.468 e. The lowest BCUT2D eigenvalue weighted by atomic mass is 10.2. The molecule has 1 amide bonds. The van der Waals surface area contributed by atoms with Gasteiger partial charge in [0.15, 0.2) is 16.5 Å². The number of hydrogen-bond acceptors (Lipinski definition) is 6. The summed E-state index contributed by atoms with van der Waals surface area (Å²) in [5.74, 6) is 0.0104. The molecule has 0 aliphatic carbocycles. The highest BCUT2D eigenvalue weighted by molar-refractivity contribution is 7.80. The lowest BCUT2D eigenvalue weighted by Crippen LogP contribution is -2.46. The molecule has 0 bridgehead atoms. The number of methoxy groups -OCH3 is 1. The standard InChI is InChI=1S/C16H16N8O2S/c1-8-11(13(25)20-21-14(27)17-2)24-15(18-8)23-12(22-24)9-6-4-5-7-10(9)19-16(23)26-3/h4-7H,1-3H3,(H,20,25)(H2,17,21,27). The molecule has 0 atom stereocenters. The molecule has 0 radical (unpaired) electrons. The van der Waals surface area contributed by atoms with Gasteiger partial charge in [-0.05, 0) is 31.3 Å². The van der Waals surface area contributed by atoms with Crippen molar-refractivity contribution in [3.63, 3.8) is 0 Å². The van der Waals surface area contributed by atoms with E-state index < -0.39 is 5.91 Å².